The number of benzene rings is 1. The minimum Gasteiger partial charge on any atom is -0.508 e. The molecule has 4 fully saturated rings. The van der Waals surface area contributed by atoms with E-state index in [1.54, 1.807) is 19.3 Å². The van der Waals surface area contributed by atoms with Gasteiger partial charge in [0.15, 0.2) is 0 Å². The van der Waals surface area contributed by atoms with Crippen LogP contribution in [0, 0.1) is 17.3 Å². The minimum absolute atomic E-state index is 0.00825. The van der Waals surface area contributed by atoms with Crippen LogP contribution in [0.25, 0.3) is 0 Å². The Balaban J connectivity index is 1.30. The van der Waals surface area contributed by atoms with Gasteiger partial charge in [-0.1, -0.05) is 6.07 Å². The summed E-state index contributed by atoms with van der Waals surface area (Å²) in [5.41, 5.74) is 3.34. The van der Waals surface area contributed by atoms with E-state index in [2.05, 4.69) is 17.0 Å². The predicted molar refractivity (Wildman–Crippen MR) is 138 cm³/mol. The van der Waals surface area contributed by atoms with Crippen molar-refractivity contribution in [2.75, 3.05) is 20.1 Å². The first-order valence-electron chi connectivity index (χ1n) is 13.8. The summed E-state index contributed by atoms with van der Waals surface area (Å²) in [5.74, 6) is 1.57. The Kier molecular flexibility index (Phi) is 4.83. The maximum absolute atomic E-state index is 13.6. The second-order valence-electron chi connectivity index (χ2n) is 12.4. The lowest BCUT2D eigenvalue weighted by Gasteiger charge is -2.67. The van der Waals surface area contributed by atoms with Crippen LogP contribution in [0.2, 0.25) is 0 Å². The molecular formula is C30H37N3O3. The lowest BCUT2D eigenvalue weighted by atomic mass is 9.43. The van der Waals surface area contributed by atoms with Gasteiger partial charge < -0.3 is 14.6 Å². The molecule has 4 aliphatic carbocycles. The molecule has 7 rings (SSSR count). The quantitative estimate of drug-likeness (QED) is 0.714. The Labute approximate surface area is 212 Å². The molecule has 2 aromatic rings. The zero-order valence-corrected chi connectivity index (χ0v) is 21.4. The van der Waals surface area contributed by atoms with Crippen LogP contribution in [-0.2, 0) is 18.9 Å². The molecule has 36 heavy (non-hydrogen) atoms. The largest absolute Gasteiger partial charge is 0.508 e. The number of piperidine rings is 1. The fourth-order valence-electron chi connectivity index (χ4n) is 9.26. The van der Waals surface area contributed by atoms with Gasteiger partial charge in [0, 0.05) is 56.0 Å². The molecule has 1 amide bonds. The monoisotopic (exact) mass is 487 g/mol. The third-order valence-electron chi connectivity index (χ3n) is 11.0. The molecule has 0 radical (unpaired) electrons. The summed E-state index contributed by atoms with van der Waals surface area (Å²) in [5, 5.41) is 10.6. The van der Waals surface area contributed by atoms with Crippen LogP contribution in [0.15, 0.2) is 41.3 Å². The van der Waals surface area contributed by atoms with Crippen LogP contribution in [0.1, 0.15) is 66.4 Å². The Morgan fingerprint density at radius 1 is 1.11 bits per heavy atom. The Bertz CT molecular complexity index is 1300. The third-order valence-corrected chi connectivity index (χ3v) is 11.0. The molecule has 0 spiro atoms. The molecule has 1 aliphatic heterocycles. The average molecular weight is 488 g/mol. The number of phenols is 1. The highest BCUT2D eigenvalue weighted by molar-refractivity contribution is 5.94. The van der Waals surface area contributed by atoms with Crippen LogP contribution >= 0.6 is 0 Å². The van der Waals surface area contributed by atoms with E-state index in [4.69, 9.17) is 0 Å². The SMILES string of the molecule is CN(C(=O)c1ccn(C)c(=O)c1)C1CCC23CCC1C21CCN(CC2CC2)C3Cc2ccc(O)cc21. The number of hydrogen-bond acceptors (Lipinski definition) is 4. The van der Waals surface area contributed by atoms with E-state index in [1.807, 2.05) is 18.0 Å². The zero-order valence-electron chi connectivity index (χ0n) is 21.4. The van der Waals surface area contributed by atoms with E-state index in [0.29, 0.717) is 23.3 Å². The topological polar surface area (TPSA) is 65.8 Å². The highest BCUT2D eigenvalue weighted by Gasteiger charge is 2.71. The van der Waals surface area contributed by atoms with E-state index in [-0.39, 0.29) is 28.3 Å². The molecule has 1 aromatic heterocycles. The van der Waals surface area contributed by atoms with Crippen molar-refractivity contribution in [3.63, 3.8) is 0 Å². The number of amides is 1. The van der Waals surface area contributed by atoms with Gasteiger partial charge in [-0.05, 0) is 104 Å². The first-order chi connectivity index (χ1) is 17.3. The number of nitrogens with zero attached hydrogens (tertiary/aromatic N) is 3. The first-order valence-corrected chi connectivity index (χ1v) is 13.8. The molecule has 3 saturated carbocycles. The number of rotatable bonds is 4. The van der Waals surface area contributed by atoms with E-state index in [0.717, 1.165) is 44.6 Å². The van der Waals surface area contributed by atoms with Crippen molar-refractivity contribution in [3.8, 4) is 5.75 Å². The van der Waals surface area contributed by atoms with Crippen molar-refractivity contribution < 1.29 is 9.90 Å². The smallest absolute Gasteiger partial charge is 0.254 e. The average Bonchev–Trinajstić information content (AvgIpc) is 3.65. The maximum atomic E-state index is 13.6. The molecule has 1 N–H and O–H groups in total. The molecule has 6 heteroatoms. The highest BCUT2D eigenvalue weighted by Crippen LogP contribution is 2.72. The van der Waals surface area contributed by atoms with Gasteiger partial charge >= 0.3 is 0 Å². The molecule has 2 heterocycles. The molecule has 4 bridgehead atoms. The van der Waals surface area contributed by atoms with Gasteiger partial charge in [-0.25, -0.2) is 0 Å². The number of aromatic nitrogens is 1. The summed E-state index contributed by atoms with van der Waals surface area (Å²) in [4.78, 5) is 30.7. The lowest BCUT2D eigenvalue weighted by Crippen LogP contribution is -2.70. The Morgan fingerprint density at radius 2 is 1.92 bits per heavy atom. The number of carbonyl (C=O) groups is 1. The minimum atomic E-state index is -0.154. The number of likely N-dealkylation sites (tertiary alicyclic amines) is 1. The van der Waals surface area contributed by atoms with E-state index >= 15 is 0 Å². The number of hydrogen-bond donors (Lipinski definition) is 1. The van der Waals surface area contributed by atoms with Crippen LogP contribution in [-0.4, -0.2) is 57.6 Å². The van der Waals surface area contributed by atoms with Gasteiger partial charge in [0.2, 0.25) is 0 Å². The van der Waals surface area contributed by atoms with Crippen molar-refractivity contribution in [1.29, 1.82) is 0 Å². The van der Waals surface area contributed by atoms with Crippen molar-refractivity contribution in [2.24, 2.45) is 24.3 Å². The van der Waals surface area contributed by atoms with Crippen molar-refractivity contribution in [3.05, 3.63) is 63.6 Å². The van der Waals surface area contributed by atoms with Crippen LogP contribution in [0.4, 0.5) is 0 Å². The predicted octanol–water partition coefficient (Wildman–Crippen LogP) is 3.70. The molecule has 5 aliphatic rings. The second kappa shape index (κ2) is 7.70. The summed E-state index contributed by atoms with van der Waals surface area (Å²) in [7, 11) is 3.65. The fourth-order valence-corrected chi connectivity index (χ4v) is 9.26. The maximum Gasteiger partial charge on any atom is 0.254 e. The molecule has 190 valence electrons. The standard InChI is InChI=1S/C30H37N3O3/c1-31-13-9-21(16-27(31)35)28(36)32(2)25-8-11-29-10-7-23(25)30(29)12-14-33(18-19-3-4-19)26(29)15-20-5-6-22(34)17-24(20)30/h5-6,9,13,16-17,19,23,25-26,34H,3-4,7-8,10-12,14-15,18H2,1-2H3. The van der Waals surface area contributed by atoms with Gasteiger partial charge in [-0.2, -0.15) is 0 Å². The third kappa shape index (κ3) is 2.94. The summed E-state index contributed by atoms with van der Waals surface area (Å²) in [6.07, 6.45) is 11.1. The van der Waals surface area contributed by atoms with Gasteiger partial charge in [-0.15, -0.1) is 0 Å². The molecular weight excluding hydrogens is 450 g/mol. The molecule has 6 nitrogen and oxygen atoms in total. The summed E-state index contributed by atoms with van der Waals surface area (Å²) in [6.45, 7) is 2.36. The van der Waals surface area contributed by atoms with Crippen LogP contribution < -0.4 is 5.56 Å². The summed E-state index contributed by atoms with van der Waals surface area (Å²) >= 11 is 0. The number of aromatic hydroxyl groups is 1. The van der Waals surface area contributed by atoms with E-state index in [1.165, 1.54) is 47.6 Å². The second-order valence-corrected chi connectivity index (χ2v) is 12.4. The van der Waals surface area contributed by atoms with Crippen LogP contribution in [0.3, 0.4) is 0 Å². The van der Waals surface area contributed by atoms with Crippen molar-refractivity contribution in [2.45, 2.75) is 68.9 Å². The Morgan fingerprint density at radius 3 is 2.69 bits per heavy atom. The summed E-state index contributed by atoms with van der Waals surface area (Å²) in [6, 6.07) is 10.0. The molecule has 1 aromatic carbocycles. The fraction of sp³-hybridized carbons (Fsp3) is 0.600. The lowest BCUT2D eigenvalue weighted by molar-refractivity contribution is -0.104. The van der Waals surface area contributed by atoms with Crippen molar-refractivity contribution >= 4 is 5.91 Å². The van der Waals surface area contributed by atoms with Gasteiger partial charge in [0.25, 0.3) is 11.5 Å². The number of phenolic OH excluding ortho intramolecular Hbond substituents is 1. The van der Waals surface area contributed by atoms with Gasteiger partial charge in [0.05, 0.1) is 0 Å². The number of pyridine rings is 1. The molecule has 5 atom stereocenters. The van der Waals surface area contributed by atoms with Gasteiger partial charge in [-0.3, -0.25) is 14.5 Å². The normalized spacial score (nSPS) is 34.7. The number of carbonyl (C=O) groups excluding carboxylic acids is 1. The highest BCUT2D eigenvalue weighted by atomic mass is 16.3. The number of aryl methyl sites for hydroxylation is 1. The summed E-state index contributed by atoms with van der Waals surface area (Å²) < 4.78 is 1.50. The van der Waals surface area contributed by atoms with E-state index in [9.17, 15) is 14.7 Å². The molecule has 1 saturated heterocycles. The first kappa shape index (κ1) is 22.6. The van der Waals surface area contributed by atoms with E-state index < -0.39 is 0 Å². The Hall–Kier alpha value is -2.60. The van der Waals surface area contributed by atoms with Crippen LogP contribution in [0.5, 0.6) is 5.75 Å². The number of fused-ring (bicyclic) bond motifs is 1. The van der Waals surface area contributed by atoms with Crippen molar-refractivity contribution in [1.82, 2.24) is 14.4 Å². The zero-order chi connectivity index (χ0) is 24.8. The van der Waals surface area contributed by atoms with Gasteiger partial charge in [0.1, 0.15) is 5.75 Å². The molecule has 5 unspecified atom stereocenters.